The number of benzene rings is 1. The van der Waals surface area contributed by atoms with E-state index >= 15 is 0 Å². The maximum atomic E-state index is 12.7. The van der Waals surface area contributed by atoms with Crippen LogP contribution in [0.5, 0.6) is 11.5 Å². The first-order chi connectivity index (χ1) is 17.4. The Kier molecular flexibility index (Phi) is 8.53. The van der Waals surface area contributed by atoms with Gasteiger partial charge in [-0.15, -0.1) is 0 Å². The summed E-state index contributed by atoms with van der Waals surface area (Å²) in [7, 11) is 0. The van der Waals surface area contributed by atoms with Crippen LogP contribution in [0.1, 0.15) is 55.5 Å². The molecule has 2 aliphatic rings. The molecule has 0 spiro atoms. The van der Waals surface area contributed by atoms with Crippen molar-refractivity contribution in [3.8, 4) is 11.5 Å². The Hall–Kier alpha value is -3.46. The van der Waals surface area contributed by atoms with E-state index < -0.39 is 0 Å². The monoisotopic (exact) mass is 494 g/mol. The summed E-state index contributed by atoms with van der Waals surface area (Å²) < 4.78 is 12.2. The number of amides is 3. The summed E-state index contributed by atoms with van der Waals surface area (Å²) in [6.45, 7) is 5.76. The van der Waals surface area contributed by atoms with Crippen LogP contribution in [-0.2, 0) is 20.9 Å². The van der Waals surface area contributed by atoms with Crippen LogP contribution in [-0.4, -0.2) is 59.4 Å². The molecule has 9 heteroatoms. The molecule has 4 rings (SSSR count). The summed E-state index contributed by atoms with van der Waals surface area (Å²) in [6.07, 6.45) is 4.68. The fourth-order valence-corrected chi connectivity index (χ4v) is 4.44. The molecule has 192 valence electrons. The van der Waals surface area contributed by atoms with Gasteiger partial charge in [-0.25, -0.2) is 0 Å². The normalized spacial score (nSPS) is 21.4. The zero-order valence-electron chi connectivity index (χ0n) is 20.9. The van der Waals surface area contributed by atoms with E-state index in [9.17, 15) is 14.4 Å². The van der Waals surface area contributed by atoms with E-state index in [2.05, 4.69) is 15.6 Å². The molecule has 2 aromatic rings. The molecule has 1 fully saturated rings. The number of nitrogens with one attached hydrogen (secondary N) is 2. The molecule has 0 unspecified atom stereocenters. The minimum atomic E-state index is -0.304. The molecule has 9 nitrogen and oxygen atoms in total. The molecular formula is C27H34N4O5. The first-order valence-corrected chi connectivity index (χ1v) is 12.6. The molecule has 3 amide bonds. The van der Waals surface area contributed by atoms with Gasteiger partial charge in [-0.2, -0.15) is 0 Å². The third-order valence-corrected chi connectivity index (χ3v) is 6.27. The summed E-state index contributed by atoms with van der Waals surface area (Å²) in [4.78, 5) is 43.9. The molecule has 2 aliphatic heterocycles. The van der Waals surface area contributed by atoms with E-state index in [1.165, 1.54) is 6.20 Å². The molecule has 4 bridgehead atoms. The number of rotatable bonds is 2. The molecule has 0 saturated carbocycles. The first-order valence-electron chi connectivity index (χ1n) is 12.6. The third-order valence-electron chi connectivity index (χ3n) is 6.27. The number of hydrogen-bond donors (Lipinski definition) is 2. The first kappa shape index (κ1) is 25.6. The van der Waals surface area contributed by atoms with Gasteiger partial charge in [0.25, 0.3) is 5.91 Å². The van der Waals surface area contributed by atoms with Gasteiger partial charge in [-0.1, -0.05) is 26.0 Å². The molecule has 0 aliphatic carbocycles. The van der Waals surface area contributed by atoms with Crippen molar-refractivity contribution in [2.45, 2.75) is 58.3 Å². The zero-order valence-corrected chi connectivity index (χ0v) is 20.9. The van der Waals surface area contributed by atoms with Crippen LogP contribution >= 0.6 is 0 Å². The van der Waals surface area contributed by atoms with Crippen molar-refractivity contribution < 1.29 is 23.9 Å². The van der Waals surface area contributed by atoms with Gasteiger partial charge in [0, 0.05) is 38.7 Å². The van der Waals surface area contributed by atoms with Crippen LogP contribution in [0.15, 0.2) is 42.7 Å². The Balaban J connectivity index is 1.52. The van der Waals surface area contributed by atoms with Crippen molar-refractivity contribution in [3.63, 3.8) is 0 Å². The Morgan fingerprint density at radius 1 is 1.19 bits per heavy atom. The number of hydrogen-bond acceptors (Lipinski definition) is 6. The lowest BCUT2D eigenvalue weighted by Crippen LogP contribution is -2.57. The van der Waals surface area contributed by atoms with Gasteiger partial charge >= 0.3 is 0 Å². The summed E-state index contributed by atoms with van der Waals surface area (Å²) in [6, 6.07) is 8.87. The SMILES string of the molecule is CC(C)CC(=O)N1CC[C@@H]2OCc3cccc(c3)Oc3cncc(c3)C(=O)NCCCC(=O)N[C@H]2C1. The number of likely N-dealkylation sites (tertiary alicyclic amines) is 1. The topological polar surface area (TPSA) is 110 Å². The van der Waals surface area contributed by atoms with Gasteiger partial charge in [-0.05, 0) is 42.5 Å². The van der Waals surface area contributed by atoms with Gasteiger partial charge in [0.05, 0.1) is 30.5 Å². The third kappa shape index (κ3) is 7.04. The molecule has 3 heterocycles. The van der Waals surface area contributed by atoms with Crippen molar-refractivity contribution in [1.82, 2.24) is 20.5 Å². The number of nitrogens with zero attached hydrogens (tertiary/aromatic N) is 2. The summed E-state index contributed by atoms with van der Waals surface area (Å²) in [5, 5.41) is 5.91. The molecule has 1 aromatic carbocycles. The largest absolute Gasteiger partial charge is 0.456 e. The van der Waals surface area contributed by atoms with Crippen LogP contribution in [0.3, 0.4) is 0 Å². The Morgan fingerprint density at radius 3 is 2.89 bits per heavy atom. The van der Waals surface area contributed by atoms with E-state index in [0.717, 1.165) is 5.56 Å². The van der Waals surface area contributed by atoms with E-state index in [0.29, 0.717) is 62.6 Å². The van der Waals surface area contributed by atoms with Crippen molar-refractivity contribution in [3.05, 3.63) is 53.9 Å². The van der Waals surface area contributed by atoms with Crippen LogP contribution in [0.25, 0.3) is 0 Å². The Bertz CT molecular complexity index is 1090. The highest BCUT2D eigenvalue weighted by Gasteiger charge is 2.33. The molecule has 2 atom stereocenters. The minimum Gasteiger partial charge on any atom is -0.456 e. The number of piperidine rings is 1. The van der Waals surface area contributed by atoms with Gasteiger partial charge in [-0.3, -0.25) is 19.4 Å². The van der Waals surface area contributed by atoms with Gasteiger partial charge in [0.2, 0.25) is 11.8 Å². The van der Waals surface area contributed by atoms with Gasteiger partial charge < -0.3 is 25.0 Å². The molecule has 2 N–H and O–H groups in total. The fourth-order valence-electron chi connectivity index (χ4n) is 4.44. The number of aromatic nitrogens is 1. The molecule has 0 radical (unpaired) electrons. The second-order valence-electron chi connectivity index (χ2n) is 9.77. The van der Waals surface area contributed by atoms with E-state index in [-0.39, 0.29) is 42.2 Å². The van der Waals surface area contributed by atoms with Crippen molar-refractivity contribution in [2.75, 3.05) is 19.6 Å². The number of carbonyl (C=O) groups is 3. The highest BCUT2D eigenvalue weighted by atomic mass is 16.5. The van der Waals surface area contributed by atoms with Crippen LogP contribution in [0.4, 0.5) is 0 Å². The highest BCUT2D eigenvalue weighted by Crippen LogP contribution is 2.24. The molecule has 1 saturated heterocycles. The summed E-state index contributed by atoms with van der Waals surface area (Å²) in [5.74, 6) is 1.04. The van der Waals surface area contributed by atoms with E-state index in [1.807, 2.05) is 43.0 Å². The lowest BCUT2D eigenvalue weighted by atomic mass is 10.00. The lowest BCUT2D eigenvalue weighted by molar-refractivity contribution is -0.138. The lowest BCUT2D eigenvalue weighted by Gasteiger charge is -2.39. The predicted molar refractivity (Wildman–Crippen MR) is 133 cm³/mol. The second kappa shape index (κ2) is 12.0. The van der Waals surface area contributed by atoms with Crippen molar-refractivity contribution in [1.29, 1.82) is 0 Å². The van der Waals surface area contributed by atoms with Crippen LogP contribution < -0.4 is 15.4 Å². The molecular weight excluding hydrogens is 460 g/mol. The summed E-state index contributed by atoms with van der Waals surface area (Å²) in [5.41, 5.74) is 1.30. The molecule has 1 aromatic heterocycles. The number of carbonyl (C=O) groups excluding carboxylic acids is 3. The van der Waals surface area contributed by atoms with Gasteiger partial charge in [0.15, 0.2) is 0 Å². The smallest absolute Gasteiger partial charge is 0.252 e. The maximum Gasteiger partial charge on any atom is 0.252 e. The summed E-state index contributed by atoms with van der Waals surface area (Å²) >= 11 is 0. The average Bonchev–Trinajstić information content (AvgIpc) is 2.85. The number of pyridine rings is 1. The van der Waals surface area contributed by atoms with Gasteiger partial charge in [0.1, 0.15) is 11.5 Å². The highest BCUT2D eigenvalue weighted by molar-refractivity contribution is 5.94. The van der Waals surface area contributed by atoms with Crippen LogP contribution in [0.2, 0.25) is 0 Å². The van der Waals surface area contributed by atoms with Crippen molar-refractivity contribution in [2.24, 2.45) is 5.92 Å². The Labute approximate surface area is 211 Å². The Morgan fingerprint density at radius 2 is 2.06 bits per heavy atom. The van der Waals surface area contributed by atoms with Crippen molar-refractivity contribution >= 4 is 17.7 Å². The standard InChI is InChI=1S/C27H34N4O5/c1-18(2)11-26(33)31-10-8-24-23(16-31)30-25(32)7-4-9-29-27(34)20-13-22(15-28-14-20)36-21-6-3-5-19(12-21)17-35-24/h3,5-6,12-15,18,23-24H,4,7-11,16-17H2,1-2H3,(H,29,34)(H,30,32)/t23-,24-/m0/s1. The second-order valence-corrected chi connectivity index (χ2v) is 9.77. The predicted octanol–water partition coefficient (Wildman–Crippen LogP) is 3.05. The maximum absolute atomic E-state index is 12.7. The minimum absolute atomic E-state index is 0.0995. The quantitative estimate of drug-likeness (QED) is 0.664. The average molecular weight is 495 g/mol. The number of fused-ring (bicyclic) bond motifs is 5. The molecule has 36 heavy (non-hydrogen) atoms. The van der Waals surface area contributed by atoms with E-state index in [1.54, 1.807) is 12.3 Å². The zero-order chi connectivity index (χ0) is 25.5. The number of ether oxygens (including phenoxy) is 2. The van der Waals surface area contributed by atoms with E-state index in [4.69, 9.17) is 9.47 Å². The fraction of sp³-hybridized carbons (Fsp3) is 0.481. The van der Waals surface area contributed by atoms with Crippen LogP contribution in [0, 0.1) is 5.92 Å².